The first-order valence-corrected chi connectivity index (χ1v) is 3.58. The van der Waals surface area contributed by atoms with Gasteiger partial charge in [0, 0.05) is 5.69 Å². The zero-order valence-corrected chi connectivity index (χ0v) is 6.79. The number of fused-ring (bicyclic) bond motifs is 1. The number of rotatable bonds is 0. The first-order valence-electron chi connectivity index (χ1n) is 3.14. The molecule has 0 N–H and O–H groups in total. The van der Waals surface area contributed by atoms with Gasteiger partial charge in [-0.1, -0.05) is 0 Å². The summed E-state index contributed by atoms with van der Waals surface area (Å²) < 4.78 is 1.72. The van der Waals surface area contributed by atoms with E-state index in [1.165, 1.54) is 0 Å². The van der Waals surface area contributed by atoms with Crippen molar-refractivity contribution in [3.05, 3.63) is 18.1 Å². The van der Waals surface area contributed by atoms with Gasteiger partial charge in [-0.15, -0.1) is 22.8 Å². The number of hydrogen-bond acceptors (Lipinski definition) is 4. The Bertz CT molecular complexity index is 394. The highest BCUT2D eigenvalue weighted by Gasteiger charge is 1.99. The van der Waals surface area contributed by atoms with E-state index in [4.69, 9.17) is 0 Å². The van der Waals surface area contributed by atoms with Crippen LogP contribution >= 0.6 is 12.6 Å². The van der Waals surface area contributed by atoms with Crippen molar-refractivity contribution in [2.75, 3.05) is 0 Å². The van der Waals surface area contributed by atoms with Crippen molar-refractivity contribution in [1.82, 2.24) is 19.6 Å². The van der Waals surface area contributed by atoms with Gasteiger partial charge >= 0.3 is 0 Å². The molecule has 0 saturated heterocycles. The summed E-state index contributed by atoms with van der Waals surface area (Å²) in [5.41, 5.74) is 0.899. The Balaban J connectivity index is 2.91. The van der Waals surface area contributed by atoms with Crippen molar-refractivity contribution in [2.45, 2.75) is 11.9 Å². The van der Waals surface area contributed by atoms with E-state index in [-0.39, 0.29) is 0 Å². The highest BCUT2D eigenvalue weighted by molar-refractivity contribution is 7.80. The molecule has 4 nitrogen and oxygen atoms in total. The first kappa shape index (κ1) is 6.60. The molecule has 56 valence electrons. The van der Waals surface area contributed by atoms with Gasteiger partial charge in [-0.25, -0.2) is 4.98 Å². The summed E-state index contributed by atoms with van der Waals surface area (Å²) in [6, 6.07) is 1.86. The predicted octanol–water partition coefficient (Wildman–Crippen LogP) is 0.721. The van der Waals surface area contributed by atoms with Gasteiger partial charge in [-0.2, -0.15) is 0 Å². The average Bonchev–Trinajstić information content (AvgIpc) is 2.34. The van der Waals surface area contributed by atoms with E-state index in [0.717, 1.165) is 10.7 Å². The Morgan fingerprint density at radius 3 is 3.18 bits per heavy atom. The number of nitrogens with zero attached hydrogens (tertiary/aromatic N) is 4. The average molecular weight is 166 g/mol. The maximum absolute atomic E-state index is 4.23. The van der Waals surface area contributed by atoms with Gasteiger partial charge in [-0.3, -0.25) is 4.40 Å². The summed E-state index contributed by atoms with van der Waals surface area (Å²) in [5.74, 6) is 0.593. The molecule has 2 rings (SSSR count). The van der Waals surface area contributed by atoms with Crippen molar-refractivity contribution >= 4 is 18.4 Å². The first-order chi connectivity index (χ1) is 5.27. The fourth-order valence-corrected chi connectivity index (χ4v) is 1.24. The van der Waals surface area contributed by atoms with Crippen molar-refractivity contribution in [3.8, 4) is 0 Å². The Hall–Kier alpha value is -1.10. The third kappa shape index (κ3) is 0.970. The SMILES string of the molecule is Cc1cc(S)n2cnnc2n1. The fourth-order valence-electron chi connectivity index (χ4n) is 0.913. The van der Waals surface area contributed by atoms with Crippen LogP contribution in [-0.4, -0.2) is 19.6 Å². The summed E-state index contributed by atoms with van der Waals surface area (Å²) in [4.78, 5) is 4.14. The number of aryl methyl sites for hydroxylation is 1. The molecule has 0 radical (unpaired) electrons. The molecule has 2 aromatic rings. The van der Waals surface area contributed by atoms with Crippen molar-refractivity contribution in [3.63, 3.8) is 0 Å². The van der Waals surface area contributed by atoms with Crippen LogP contribution in [0.4, 0.5) is 0 Å². The molecule has 0 atom stereocenters. The van der Waals surface area contributed by atoms with Crippen molar-refractivity contribution in [2.24, 2.45) is 0 Å². The van der Waals surface area contributed by atoms with Crippen LogP contribution in [0.25, 0.3) is 5.78 Å². The minimum absolute atomic E-state index is 0.593. The van der Waals surface area contributed by atoms with Gasteiger partial charge in [0.25, 0.3) is 5.78 Å². The molecule has 0 saturated carbocycles. The minimum atomic E-state index is 0.593. The molecular weight excluding hydrogens is 160 g/mol. The molecular formula is C6H6N4S. The van der Waals surface area contributed by atoms with Crippen LogP contribution < -0.4 is 0 Å². The summed E-state index contributed by atoms with van der Waals surface area (Å²) in [5, 5.41) is 8.30. The van der Waals surface area contributed by atoms with E-state index in [1.54, 1.807) is 10.7 Å². The summed E-state index contributed by atoms with van der Waals surface area (Å²) in [7, 11) is 0. The molecule has 0 fully saturated rings. The van der Waals surface area contributed by atoms with Crippen LogP contribution in [0, 0.1) is 6.92 Å². The lowest BCUT2D eigenvalue weighted by Crippen LogP contribution is -1.92. The molecule has 0 aliphatic rings. The van der Waals surface area contributed by atoms with Gasteiger partial charge in [-0.05, 0) is 13.0 Å². The third-order valence-electron chi connectivity index (χ3n) is 1.39. The second-order valence-corrected chi connectivity index (χ2v) is 2.71. The van der Waals surface area contributed by atoms with Gasteiger partial charge in [0.15, 0.2) is 0 Å². The number of aromatic nitrogens is 4. The molecule has 0 aromatic carbocycles. The largest absolute Gasteiger partial charge is 0.260 e. The van der Waals surface area contributed by atoms with E-state index in [9.17, 15) is 0 Å². The summed E-state index contributed by atoms with van der Waals surface area (Å²) in [6.07, 6.45) is 1.59. The van der Waals surface area contributed by atoms with Crippen LogP contribution in [0.15, 0.2) is 17.4 Å². The van der Waals surface area contributed by atoms with E-state index >= 15 is 0 Å². The van der Waals surface area contributed by atoms with Crippen LogP contribution in [0.2, 0.25) is 0 Å². The second kappa shape index (κ2) is 2.20. The van der Waals surface area contributed by atoms with E-state index in [0.29, 0.717) is 5.78 Å². The molecule has 0 spiro atoms. The molecule has 0 bridgehead atoms. The zero-order chi connectivity index (χ0) is 7.84. The molecule has 0 unspecified atom stereocenters. The van der Waals surface area contributed by atoms with Crippen LogP contribution in [0.3, 0.4) is 0 Å². The van der Waals surface area contributed by atoms with Crippen LogP contribution in [0.1, 0.15) is 5.69 Å². The maximum atomic E-state index is 4.23. The second-order valence-electron chi connectivity index (χ2n) is 2.26. The Morgan fingerprint density at radius 2 is 2.36 bits per heavy atom. The lowest BCUT2D eigenvalue weighted by molar-refractivity contribution is 0.960. The van der Waals surface area contributed by atoms with Crippen molar-refractivity contribution in [1.29, 1.82) is 0 Å². The maximum Gasteiger partial charge on any atom is 0.255 e. The summed E-state index contributed by atoms with van der Waals surface area (Å²) in [6.45, 7) is 1.90. The predicted molar refractivity (Wildman–Crippen MR) is 42.8 cm³/mol. The lowest BCUT2D eigenvalue weighted by atomic mass is 10.5. The molecule has 0 amide bonds. The molecule has 0 aliphatic carbocycles. The smallest absolute Gasteiger partial charge is 0.255 e. The molecule has 11 heavy (non-hydrogen) atoms. The zero-order valence-electron chi connectivity index (χ0n) is 5.89. The van der Waals surface area contributed by atoms with Gasteiger partial charge < -0.3 is 0 Å². The van der Waals surface area contributed by atoms with Crippen molar-refractivity contribution < 1.29 is 0 Å². The lowest BCUT2D eigenvalue weighted by Gasteiger charge is -1.96. The Labute approximate surface area is 68.7 Å². The number of hydrogen-bond donors (Lipinski definition) is 1. The molecule has 0 aliphatic heterocycles. The van der Waals surface area contributed by atoms with Crippen LogP contribution in [-0.2, 0) is 0 Å². The minimum Gasteiger partial charge on any atom is -0.260 e. The normalized spacial score (nSPS) is 10.7. The Morgan fingerprint density at radius 1 is 1.55 bits per heavy atom. The van der Waals surface area contributed by atoms with Gasteiger partial charge in [0.2, 0.25) is 0 Å². The molecule has 2 heterocycles. The topological polar surface area (TPSA) is 43.1 Å². The van der Waals surface area contributed by atoms with Gasteiger partial charge in [0.05, 0.1) is 5.03 Å². The van der Waals surface area contributed by atoms with E-state index in [2.05, 4.69) is 27.8 Å². The van der Waals surface area contributed by atoms with Crippen LogP contribution in [0.5, 0.6) is 0 Å². The third-order valence-corrected chi connectivity index (χ3v) is 1.74. The molecule has 2 aromatic heterocycles. The standard InChI is InChI=1S/C6H6N4S/c1-4-2-5(11)10-3-7-9-6(10)8-4/h2-3,11H,1H3. The highest BCUT2D eigenvalue weighted by Crippen LogP contribution is 2.07. The summed E-state index contributed by atoms with van der Waals surface area (Å²) >= 11 is 4.23. The Kier molecular flexibility index (Phi) is 1.32. The fraction of sp³-hybridized carbons (Fsp3) is 0.167. The monoisotopic (exact) mass is 166 g/mol. The number of thiol groups is 1. The van der Waals surface area contributed by atoms with E-state index < -0.39 is 0 Å². The quantitative estimate of drug-likeness (QED) is 0.463. The van der Waals surface area contributed by atoms with Gasteiger partial charge in [0.1, 0.15) is 6.33 Å². The van der Waals surface area contributed by atoms with E-state index in [1.807, 2.05) is 13.0 Å². The molecule has 5 heteroatoms. The highest BCUT2D eigenvalue weighted by atomic mass is 32.1.